The molecule has 0 spiro atoms. The summed E-state index contributed by atoms with van der Waals surface area (Å²) < 4.78 is 10.7. The van der Waals surface area contributed by atoms with Gasteiger partial charge in [-0.2, -0.15) is 0 Å². The molecule has 1 aliphatic rings. The Morgan fingerprint density at radius 2 is 2.10 bits per heavy atom. The topological polar surface area (TPSA) is 84.9 Å². The normalized spacial score (nSPS) is 17.7. The van der Waals surface area contributed by atoms with Crippen molar-refractivity contribution in [2.75, 3.05) is 19.8 Å². The van der Waals surface area contributed by atoms with E-state index in [9.17, 15) is 9.59 Å². The second-order valence-corrected chi connectivity index (χ2v) is 4.47. The number of hydrogen-bond donors (Lipinski definition) is 2. The zero-order valence-corrected chi connectivity index (χ0v) is 11.0. The van der Waals surface area contributed by atoms with Gasteiger partial charge in [0.1, 0.15) is 18.5 Å². The first kappa shape index (κ1) is 14.3. The zero-order valence-electron chi connectivity index (χ0n) is 11.0. The molecule has 0 aromatic heterocycles. The van der Waals surface area contributed by atoms with Crippen molar-refractivity contribution < 1.29 is 24.2 Å². The van der Waals surface area contributed by atoms with E-state index >= 15 is 0 Å². The van der Waals surface area contributed by atoms with Gasteiger partial charge in [0, 0.05) is 6.61 Å². The molecule has 1 aliphatic heterocycles. The average Bonchev–Trinajstić information content (AvgIpc) is 2.98. The number of carbonyl (C=O) groups excluding carboxylic acids is 1. The molecule has 2 rings (SSSR count). The molecule has 1 saturated heterocycles. The Hall–Kier alpha value is -2.08. The van der Waals surface area contributed by atoms with E-state index in [2.05, 4.69) is 5.32 Å². The third-order valence-corrected chi connectivity index (χ3v) is 2.99. The SMILES string of the molecule is O=C(O)c1ccc(OCCNC(=O)[C@@H]2CCCO2)cc1. The Balaban J connectivity index is 1.67. The van der Waals surface area contributed by atoms with Gasteiger partial charge in [-0.25, -0.2) is 4.79 Å². The highest BCUT2D eigenvalue weighted by atomic mass is 16.5. The van der Waals surface area contributed by atoms with Crippen molar-refractivity contribution in [1.29, 1.82) is 0 Å². The highest BCUT2D eigenvalue weighted by Crippen LogP contribution is 2.12. The summed E-state index contributed by atoms with van der Waals surface area (Å²) in [6.45, 7) is 1.36. The molecule has 1 aromatic rings. The smallest absolute Gasteiger partial charge is 0.335 e. The third kappa shape index (κ3) is 3.96. The van der Waals surface area contributed by atoms with E-state index in [1.807, 2.05) is 0 Å². The van der Waals surface area contributed by atoms with Crippen molar-refractivity contribution in [3.8, 4) is 5.75 Å². The molecule has 0 bridgehead atoms. The number of benzene rings is 1. The molecule has 1 aromatic carbocycles. The first-order valence-corrected chi connectivity index (χ1v) is 6.52. The summed E-state index contributed by atoms with van der Waals surface area (Å²) in [5.74, 6) is -0.505. The van der Waals surface area contributed by atoms with Gasteiger partial charge >= 0.3 is 5.97 Å². The molecule has 1 fully saturated rings. The monoisotopic (exact) mass is 279 g/mol. The van der Waals surface area contributed by atoms with Crippen LogP contribution in [-0.2, 0) is 9.53 Å². The molecular weight excluding hydrogens is 262 g/mol. The predicted octanol–water partition coefficient (Wildman–Crippen LogP) is 1.06. The molecule has 1 heterocycles. The molecule has 20 heavy (non-hydrogen) atoms. The lowest BCUT2D eigenvalue weighted by atomic mass is 10.2. The second kappa shape index (κ2) is 6.91. The number of carbonyl (C=O) groups is 2. The maximum Gasteiger partial charge on any atom is 0.335 e. The molecule has 0 radical (unpaired) electrons. The number of nitrogens with one attached hydrogen (secondary N) is 1. The van der Waals surface area contributed by atoms with Crippen LogP contribution in [0.4, 0.5) is 0 Å². The van der Waals surface area contributed by atoms with Crippen LogP contribution in [0.2, 0.25) is 0 Å². The molecule has 0 aliphatic carbocycles. The van der Waals surface area contributed by atoms with Crippen LogP contribution in [0, 0.1) is 0 Å². The van der Waals surface area contributed by atoms with E-state index < -0.39 is 5.97 Å². The molecule has 1 amide bonds. The van der Waals surface area contributed by atoms with Crippen molar-refractivity contribution in [3.05, 3.63) is 29.8 Å². The van der Waals surface area contributed by atoms with Crippen LogP contribution in [0.15, 0.2) is 24.3 Å². The van der Waals surface area contributed by atoms with Crippen LogP contribution in [0.1, 0.15) is 23.2 Å². The summed E-state index contributed by atoms with van der Waals surface area (Å²) in [7, 11) is 0. The fourth-order valence-electron chi connectivity index (χ4n) is 1.94. The second-order valence-electron chi connectivity index (χ2n) is 4.47. The molecule has 6 heteroatoms. The van der Waals surface area contributed by atoms with Gasteiger partial charge in [-0.3, -0.25) is 4.79 Å². The molecule has 6 nitrogen and oxygen atoms in total. The van der Waals surface area contributed by atoms with Crippen LogP contribution in [0.3, 0.4) is 0 Å². The molecule has 1 atom stereocenters. The number of amides is 1. The molecule has 0 saturated carbocycles. The van der Waals surface area contributed by atoms with Gasteiger partial charge < -0.3 is 19.9 Å². The summed E-state index contributed by atoms with van der Waals surface area (Å²) in [6, 6.07) is 6.13. The minimum absolute atomic E-state index is 0.104. The minimum atomic E-state index is -0.972. The van der Waals surface area contributed by atoms with Gasteiger partial charge in [0.25, 0.3) is 0 Å². The Morgan fingerprint density at radius 3 is 2.70 bits per heavy atom. The first-order valence-electron chi connectivity index (χ1n) is 6.52. The van der Waals surface area contributed by atoms with Crippen molar-refractivity contribution >= 4 is 11.9 Å². The van der Waals surface area contributed by atoms with Crippen molar-refractivity contribution in [2.45, 2.75) is 18.9 Å². The fraction of sp³-hybridized carbons (Fsp3) is 0.429. The van der Waals surface area contributed by atoms with Crippen LogP contribution in [0.5, 0.6) is 5.75 Å². The minimum Gasteiger partial charge on any atom is -0.492 e. The Kier molecular flexibility index (Phi) is 4.95. The highest BCUT2D eigenvalue weighted by Gasteiger charge is 2.22. The maximum absolute atomic E-state index is 11.6. The van der Waals surface area contributed by atoms with Crippen LogP contribution < -0.4 is 10.1 Å². The van der Waals surface area contributed by atoms with E-state index in [1.165, 1.54) is 12.1 Å². The average molecular weight is 279 g/mol. The Labute approximate surface area is 116 Å². The standard InChI is InChI=1S/C14H17NO5/c16-13(12-2-1-8-20-12)15-7-9-19-11-5-3-10(4-6-11)14(17)18/h3-6,12H,1-2,7-9H2,(H,15,16)(H,17,18)/t12-/m0/s1. The number of aromatic carboxylic acids is 1. The van der Waals surface area contributed by atoms with E-state index in [4.69, 9.17) is 14.6 Å². The summed E-state index contributed by atoms with van der Waals surface area (Å²) in [5.41, 5.74) is 0.212. The fourth-order valence-corrected chi connectivity index (χ4v) is 1.94. The predicted molar refractivity (Wildman–Crippen MR) is 70.9 cm³/mol. The zero-order chi connectivity index (χ0) is 14.4. The lowest BCUT2D eigenvalue weighted by molar-refractivity contribution is -0.130. The summed E-state index contributed by atoms with van der Waals surface area (Å²) >= 11 is 0. The van der Waals surface area contributed by atoms with E-state index in [1.54, 1.807) is 12.1 Å². The molecular formula is C14H17NO5. The van der Waals surface area contributed by atoms with E-state index in [-0.39, 0.29) is 17.6 Å². The van der Waals surface area contributed by atoms with Gasteiger partial charge in [0.15, 0.2) is 0 Å². The van der Waals surface area contributed by atoms with E-state index in [0.29, 0.717) is 25.5 Å². The lowest BCUT2D eigenvalue weighted by Crippen LogP contribution is -2.36. The van der Waals surface area contributed by atoms with Gasteiger partial charge in [-0.15, -0.1) is 0 Å². The number of carboxylic acid groups (broad SMARTS) is 1. The third-order valence-electron chi connectivity index (χ3n) is 2.99. The number of rotatable bonds is 6. The van der Waals surface area contributed by atoms with Gasteiger partial charge in [0.05, 0.1) is 12.1 Å². The molecule has 108 valence electrons. The van der Waals surface area contributed by atoms with Gasteiger partial charge in [-0.1, -0.05) is 0 Å². The van der Waals surface area contributed by atoms with Gasteiger partial charge in [0.2, 0.25) is 5.91 Å². The van der Waals surface area contributed by atoms with Crippen molar-refractivity contribution in [3.63, 3.8) is 0 Å². The van der Waals surface area contributed by atoms with Gasteiger partial charge in [-0.05, 0) is 37.1 Å². The lowest BCUT2D eigenvalue weighted by Gasteiger charge is -2.11. The first-order chi connectivity index (χ1) is 9.66. The Morgan fingerprint density at radius 1 is 1.35 bits per heavy atom. The summed E-state index contributed by atoms with van der Waals surface area (Å²) in [4.78, 5) is 22.3. The molecule has 0 unspecified atom stereocenters. The molecule has 2 N–H and O–H groups in total. The quantitative estimate of drug-likeness (QED) is 0.761. The number of hydrogen-bond acceptors (Lipinski definition) is 4. The van der Waals surface area contributed by atoms with Crippen molar-refractivity contribution in [2.24, 2.45) is 0 Å². The summed E-state index contributed by atoms with van der Waals surface area (Å²) in [6.07, 6.45) is 1.36. The van der Waals surface area contributed by atoms with Crippen molar-refractivity contribution in [1.82, 2.24) is 5.32 Å². The van der Waals surface area contributed by atoms with Crippen LogP contribution in [0.25, 0.3) is 0 Å². The highest BCUT2D eigenvalue weighted by molar-refractivity contribution is 5.87. The largest absolute Gasteiger partial charge is 0.492 e. The van der Waals surface area contributed by atoms with E-state index in [0.717, 1.165) is 12.8 Å². The number of carboxylic acids is 1. The van der Waals surface area contributed by atoms with Crippen LogP contribution in [-0.4, -0.2) is 42.8 Å². The Bertz CT molecular complexity index is 465. The summed E-state index contributed by atoms with van der Waals surface area (Å²) in [5, 5.41) is 11.5. The number of ether oxygens (including phenoxy) is 2. The maximum atomic E-state index is 11.6. The van der Waals surface area contributed by atoms with Crippen LogP contribution >= 0.6 is 0 Å².